The zero-order valence-electron chi connectivity index (χ0n) is 27.3. The summed E-state index contributed by atoms with van der Waals surface area (Å²) < 4.78 is 15.4. The molecule has 0 radical (unpaired) electrons. The lowest BCUT2D eigenvalue weighted by Crippen LogP contribution is -2.19. The van der Waals surface area contributed by atoms with Gasteiger partial charge in [-0.15, -0.1) is 0 Å². The van der Waals surface area contributed by atoms with Gasteiger partial charge in [0.1, 0.15) is 11.5 Å². The van der Waals surface area contributed by atoms with Crippen molar-refractivity contribution in [1.82, 2.24) is 4.57 Å². The van der Waals surface area contributed by atoms with E-state index in [1.54, 1.807) is 0 Å². The number of rotatable bonds is 12. The second-order valence-electron chi connectivity index (χ2n) is 13.3. The maximum Gasteiger partial charge on any atom is 0.119 e. The van der Waals surface area contributed by atoms with Gasteiger partial charge in [-0.2, -0.15) is 0 Å². The second-order valence-corrected chi connectivity index (χ2v) is 14.2. The summed E-state index contributed by atoms with van der Waals surface area (Å²) in [7, 11) is 0. The minimum absolute atomic E-state index is 0.276. The van der Waals surface area contributed by atoms with Gasteiger partial charge in [-0.05, 0) is 127 Å². The predicted octanol–water partition coefficient (Wildman–Crippen LogP) is 12.2. The molecule has 1 unspecified atom stereocenters. The molecule has 1 aromatic heterocycles. The molecule has 0 bridgehead atoms. The second kappa shape index (κ2) is 14.2. The number of hydrogen-bond acceptors (Lipinski definition) is 2. The minimum Gasteiger partial charge on any atom is -0.494 e. The summed E-state index contributed by atoms with van der Waals surface area (Å²) in [6.45, 7) is 12.2. The van der Waals surface area contributed by atoms with Crippen LogP contribution in [0.1, 0.15) is 64.0 Å². The van der Waals surface area contributed by atoms with Crippen LogP contribution >= 0.6 is 15.9 Å². The molecule has 236 valence electrons. The first-order valence-corrected chi connectivity index (χ1v) is 17.3. The monoisotopic (exact) mass is 673 g/mol. The molecule has 1 aliphatic rings. The van der Waals surface area contributed by atoms with Crippen LogP contribution in [0.4, 0.5) is 0 Å². The van der Waals surface area contributed by atoms with Crippen LogP contribution in [-0.2, 0) is 0 Å². The van der Waals surface area contributed by atoms with Crippen molar-refractivity contribution >= 4 is 49.4 Å². The summed E-state index contributed by atoms with van der Waals surface area (Å²) in [4.78, 5) is 0. The number of fused-ring (bicyclic) bond motifs is 3. The number of nitrogens with zero attached hydrogens (tertiary/aromatic N) is 1. The third-order valence-corrected chi connectivity index (χ3v) is 9.55. The van der Waals surface area contributed by atoms with Crippen LogP contribution in [0.5, 0.6) is 11.5 Å². The van der Waals surface area contributed by atoms with E-state index in [1.165, 1.54) is 32.9 Å². The Bertz CT molecular complexity index is 1870. The Morgan fingerprint density at radius 1 is 0.783 bits per heavy atom. The molecule has 46 heavy (non-hydrogen) atoms. The molecule has 6 rings (SSSR count). The molecule has 3 nitrogen and oxygen atoms in total. The third kappa shape index (κ3) is 7.34. The third-order valence-electron chi connectivity index (χ3n) is 9.06. The standard InChI is InChI=1S/C42H44BrNO2/c1-5-30-10-20-36(21-11-30)45-26-8-6-7-9-27-46-37-22-18-35(19-23-37)44-40-24-14-32(31-12-15-33(16-13-31)42(2,3)4)28-38(40)39-29-34(43)17-25-41(39)44/h5,10-15,17-25,28-29,33H,1,6-9,16,26-27H2,2-4H3. The average molecular weight is 675 g/mol. The Kier molecular flexibility index (Phi) is 9.84. The van der Waals surface area contributed by atoms with E-state index in [0.29, 0.717) is 5.92 Å². The topological polar surface area (TPSA) is 23.4 Å². The molecule has 0 aliphatic heterocycles. The molecule has 0 spiro atoms. The molecule has 1 heterocycles. The largest absolute Gasteiger partial charge is 0.494 e. The first kappa shape index (κ1) is 31.9. The number of allylic oxidation sites excluding steroid dienone is 4. The zero-order chi connectivity index (χ0) is 32.1. The molecule has 0 saturated heterocycles. The van der Waals surface area contributed by atoms with Gasteiger partial charge >= 0.3 is 0 Å². The molecule has 0 amide bonds. The van der Waals surface area contributed by atoms with Crippen LogP contribution in [0.15, 0.2) is 114 Å². The number of ether oxygens (including phenoxy) is 2. The van der Waals surface area contributed by atoms with E-state index >= 15 is 0 Å². The van der Waals surface area contributed by atoms with E-state index < -0.39 is 0 Å². The Hall–Kier alpha value is -4.02. The Morgan fingerprint density at radius 2 is 1.39 bits per heavy atom. The molecule has 1 atom stereocenters. The first-order chi connectivity index (χ1) is 22.3. The number of aromatic nitrogens is 1. The highest BCUT2D eigenvalue weighted by molar-refractivity contribution is 9.10. The van der Waals surface area contributed by atoms with E-state index in [1.807, 2.05) is 30.3 Å². The van der Waals surface area contributed by atoms with E-state index in [9.17, 15) is 0 Å². The first-order valence-electron chi connectivity index (χ1n) is 16.5. The maximum atomic E-state index is 6.11. The van der Waals surface area contributed by atoms with Crippen LogP contribution in [0, 0.1) is 11.3 Å². The summed E-state index contributed by atoms with van der Waals surface area (Å²) in [6, 6.07) is 30.1. The lowest BCUT2D eigenvalue weighted by Gasteiger charge is -2.29. The fourth-order valence-corrected chi connectivity index (χ4v) is 6.62. The van der Waals surface area contributed by atoms with Crippen molar-refractivity contribution in [2.45, 2.75) is 52.9 Å². The fourth-order valence-electron chi connectivity index (χ4n) is 6.26. The smallest absolute Gasteiger partial charge is 0.119 e. The van der Waals surface area contributed by atoms with Crippen LogP contribution < -0.4 is 9.47 Å². The van der Waals surface area contributed by atoms with Crippen molar-refractivity contribution in [3.8, 4) is 17.2 Å². The molecular weight excluding hydrogens is 630 g/mol. The number of halogens is 1. The minimum atomic E-state index is 0.276. The lowest BCUT2D eigenvalue weighted by atomic mass is 9.76. The molecule has 4 aromatic carbocycles. The number of hydrogen-bond donors (Lipinski definition) is 0. The maximum absolute atomic E-state index is 6.11. The van der Waals surface area contributed by atoms with Gasteiger partial charge in [0.05, 0.1) is 24.2 Å². The summed E-state index contributed by atoms with van der Waals surface area (Å²) in [5, 5.41) is 2.51. The van der Waals surface area contributed by atoms with E-state index in [2.05, 4.69) is 127 Å². The van der Waals surface area contributed by atoms with Crippen molar-refractivity contribution in [3.63, 3.8) is 0 Å². The van der Waals surface area contributed by atoms with Crippen molar-refractivity contribution in [2.75, 3.05) is 13.2 Å². The van der Waals surface area contributed by atoms with Crippen molar-refractivity contribution in [2.24, 2.45) is 11.3 Å². The molecule has 0 saturated carbocycles. The Labute approximate surface area is 282 Å². The number of benzene rings is 4. The van der Waals surface area contributed by atoms with Crippen molar-refractivity contribution in [1.29, 1.82) is 0 Å². The van der Waals surface area contributed by atoms with Gasteiger partial charge in [-0.1, -0.05) is 85.8 Å². The summed E-state index contributed by atoms with van der Waals surface area (Å²) in [5.74, 6) is 2.40. The van der Waals surface area contributed by atoms with Crippen molar-refractivity contribution in [3.05, 3.63) is 125 Å². The van der Waals surface area contributed by atoms with Gasteiger partial charge in [-0.25, -0.2) is 0 Å². The summed E-state index contributed by atoms with van der Waals surface area (Å²) in [5.41, 5.74) is 7.49. The van der Waals surface area contributed by atoms with Crippen LogP contribution in [-0.4, -0.2) is 17.8 Å². The van der Waals surface area contributed by atoms with E-state index in [-0.39, 0.29) is 5.41 Å². The van der Waals surface area contributed by atoms with Crippen LogP contribution in [0.25, 0.3) is 39.1 Å². The Balaban J connectivity index is 1.08. The molecule has 0 N–H and O–H groups in total. The highest BCUT2D eigenvalue weighted by Gasteiger charge is 2.23. The van der Waals surface area contributed by atoms with Gasteiger partial charge in [0.2, 0.25) is 0 Å². The quantitative estimate of drug-likeness (QED) is 0.123. The van der Waals surface area contributed by atoms with E-state index in [4.69, 9.17) is 9.47 Å². The Morgan fingerprint density at radius 3 is 1.98 bits per heavy atom. The fraction of sp³-hybridized carbons (Fsp3) is 0.286. The SMILES string of the molecule is C=Cc1ccc(OCCCCCCOc2ccc(-n3c4ccc(Br)cc4c4cc(C5=CCC(C(C)(C)C)C=C5)ccc43)cc2)cc1. The predicted molar refractivity (Wildman–Crippen MR) is 199 cm³/mol. The van der Waals surface area contributed by atoms with Crippen LogP contribution in [0.3, 0.4) is 0 Å². The van der Waals surface area contributed by atoms with Crippen molar-refractivity contribution < 1.29 is 9.47 Å². The van der Waals surface area contributed by atoms with Gasteiger partial charge < -0.3 is 14.0 Å². The zero-order valence-corrected chi connectivity index (χ0v) is 28.9. The lowest BCUT2D eigenvalue weighted by molar-refractivity contribution is 0.287. The summed E-state index contributed by atoms with van der Waals surface area (Å²) in [6.07, 6.45) is 14.4. The molecule has 4 heteroatoms. The van der Waals surface area contributed by atoms with Gasteiger partial charge in [0.25, 0.3) is 0 Å². The molecule has 1 aliphatic carbocycles. The number of unbranched alkanes of at least 4 members (excludes halogenated alkanes) is 3. The highest BCUT2D eigenvalue weighted by Crippen LogP contribution is 2.38. The van der Waals surface area contributed by atoms with E-state index in [0.717, 1.165) is 72.5 Å². The van der Waals surface area contributed by atoms with Crippen LogP contribution in [0.2, 0.25) is 0 Å². The summed E-state index contributed by atoms with van der Waals surface area (Å²) >= 11 is 3.72. The molecule has 5 aromatic rings. The van der Waals surface area contributed by atoms with Gasteiger partial charge in [0, 0.05) is 20.9 Å². The molecular formula is C42H44BrNO2. The highest BCUT2D eigenvalue weighted by atomic mass is 79.9. The normalized spacial score (nSPS) is 14.9. The average Bonchev–Trinajstić information content (AvgIpc) is 3.39. The van der Waals surface area contributed by atoms with Gasteiger partial charge in [0.15, 0.2) is 0 Å². The van der Waals surface area contributed by atoms with Gasteiger partial charge in [-0.3, -0.25) is 0 Å². The molecule has 0 fully saturated rings.